The molecule has 1 N–H and O–H groups in total. The molecule has 0 bridgehead atoms. The van der Waals surface area contributed by atoms with Crippen molar-refractivity contribution in [2.45, 2.75) is 13.0 Å². The van der Waals surface area contributed by atoms with Gasteiger partial charge in [0.15, 0.2) is 11.5 Å². The van der Waals surface area contributed by atoms with Crippen LogP contribution in [0.15, 0.2) is 47.8 Å². The van der Waals surface area contributed by atoms with Crippen molar-refractivity contribution in [3.8, 4) is 22.1 Å². The van der Waals surface area contributed by atoms with Gasteiger partial charge in [0, 0.05) is 21.5 Å². The number of hydrogen-bond donors (Lipinski definition) is 1. The van der Waals surface area contributed by atoms with Gasteiger partial charge < -0.3 is 14.6 Å². The van der Waals surface area contributed by atoms with Crippen molar-refractivity contribution in [1.29, 1.82) is 0 Å². The maximum absolute atomic E-state index is 10.8. The van der Waals surface area contributed by atoms with Gasteiger partial charge in [0.05, 0.1) is 19.2 Å². The Morgan fingerprint density at radius 2 is 2.04 bits per heavy atom. The summed E-state index contributed by atoms with van der Waals surface area (Å²) in [5.74, 6) is 0.269. The number of carbonyl (C=O) groups is 1. The molecule has 0 amide bonds. The van der Waals surface area contributed by atoms with Crippen LogP contribution in [-0.2, 0) is 17.8 Å². The van der Waals surface area contributed by atoms with Crippen molar-refractivity contribution in [1.82, 2.24) is 4.98 Å². The van der Waals surface area contributed by atoms with E-state index in [1.807, 2.05) is 42.5 Å². The lowest BCUT2D eigenvalue weighted by atomic mass is 10.2. The van der Waals surface area contributed by atoms with Gasteiger partial charge in [0.25, 0.3) is 0 Å². The van der Waals surface area contributed by atoms with E-state index >= 15 is 0 Å². The molecule has 3 aromatic rings. The first kappa shape index (κ1) is 18.2. The van der Waals surface area contributed by atoms with Crippen molar-refractivity contribution >= 4 is 28.9 Å². The predicted molar refractivity (Wildman–Crippen MR) is 101 cm³/mol. The molecule has 5 nitrogen and oxygen atoms in total. The van der Waals surface area contributed by atoms with E-state index < -0.39 is 5.97 Å². The van der Waals surface area contributed by atoms with Crippen molar-refractivity contribution < 1.29 is 19.4 Å². The molecule has 0 unspecified atom stereocenters. The standard InChI is InChI=1S/C19H16ClNO4S/c1-24-17-8-12(19-21-14(11-26-19)9-18(22)23)6-7-16(17)25-10-13-4-2-3-5-15(13)20/h2-8,11H,9-10H2,1H3,(H,22,23). The summed E-state index contributed by atoms with van der Waals surface area (Å²) in [5.41, 5.74) is 2.27. The van der Waals surface area contributed by atoms with Gasteiger partial charge >= 0.3 is 5.97 Å². The third-order valence-electron chi connectivity index (χ3n) is 3.64. The van der Waals surface area contributed by atoms with Crippen LogP contribution in [-0.4, -0.2) is 23.2 Å². The summed E-state index contributed by atoms with van der Waals surface area (Å²) in [6.45, 7) is 0.329. The molecular weight excluding hydrogens is 374 g/mol. The van der Waals surface area contributed by atoms with E-state index in [1.54, 1.807) is 12.5 Å². The molecule has 3 rings (SSSR count). The summed E-state index contributed by atoms with van der Waals surface area (Å²) >= 11 is 7.54. The van der Waals surface area contributed by atoms with Crippen LogP contribution in [0.5, 0.6) is 11.5 Å². The Labute approximate surface area is 159 Å². The highest BCUT2D eigenvalue weighted by Crippen LogP contribution is 2.34. The molecule has 0 fully saturated rings. The Morgan fingerprint density at radius 1 is 1.23 bits per heavy atom. The second kappa shape index (κ2) is 8.21. The number of rotatable bonds is 7. The first-order chi connectivity index (χ1) is 12.6. The number of methoxy groups -OCH3 is 1. The smallest absolute Gasteiger partial charge is 0.309 e. The minimum Gasteiger partial charge on any atom is -0.493 e. The molecule has 0 aliphatic heterocycles. The molecular formula is C19H16ClNO4S. The second-order valence-electron chi connectivity index (χ2n) is 5.46. The van der Waals surface area contributed by atoms with Gasteiger partial charge in [-0.15, -0.1) is 11.3 Å². The van der Waals surface area contributed by atoms with Crippen molar-refractivity contribution in [3.63, 3.8) is 0 Å². The molecule has 1 aromatic heterocycles. The molecule has 0 spiro atoms. The fourth-order valence-electron chi connectivity index (χ4n) is 2.37. The fourth-order valence-corrected chi connectivity index (χ4v) is 3.37. The van der Waals surface area contributed by atoms with Crippen LogP contribution >= 0.6 is 22.9 Å². The highest BCUT2D eigenvalue weighted by atomic mass is 35.5. The van der Waals surface area contributed by atoms with Gasteiger partial charge in [-0.25, -0.2) is 4.98 Å². The molecule has 1 heterocycles. The molecule has 26 heavy (non-hydrogen) atoms. The maximum atomic E-state index is 10.8. The minimum absolute atomic E-state index is 0.0906. The van der Waals surface area contributed by atoms with Crippen LogP contribution in [0.4, 0.5) is 0 Å². The third-order valence-corrected chi connectivity index (χ3v) is 4.94. The Hall–Kier alpha value is -2.57. The number of hydrogen-bond acceptors (Lipinski definition) is 5. The quantitative estimate of drug-likeness (QED) is 0.635. The number of aromatic nitrogens is 1. The Bertz CT molecular complexity index is 925. The average Bonchev–Trinajstić information content (AvgIpc) is 3.08. The van der Waals surface area contributed by atoms with Gasteiger partial charge in [-0.3, -0.25) is 4.79 Å². The number of ether oxygens (including phenoxy) is 2. The van der Waals surface area contributed by atoms with Gasteiger partial charge in [0.1, 0.15) is 11.6 Å². The average molecular weight is 390 g/mol. The van der Waals surface area contributed by atoms with Crippen molar-refractivity contribution in [3.05, 3.63) is 64.1 Å². The number of carboxylic acid groups (broad SMARTS) is 1. The molecule has 0 aliphatic carbocycles. The summed E-state index contributed by atoms with van der Waals surface area (Å²) in [4.78, 5) is 15.1. The van der Waals surface area contributed by atoms with E-state index in [-0.39, 0.29) is 6.42 Å². The van der Waals surface area contributed by atoms with E-state index in [2.05, 4.69) is 4.98 Å². The number of carboxylic acids is 1. The van der Waals surface area contributed by atoms with Crippen LogP contribution in [0, 0.1) is 0 Å². The number of aliphatic carboxylic acids is 1. The maximum Gasteiger partial charge on any atom is 0.309 e. The van der Waals surface area contributed by atoms with Crippen LogP contribution in [0.2, 0.25) is 5.02 Å². The van der Waals surface area contributed by atoms with Gasteiger partial charge in [-0.05, 0) is 24.3 Å². The third kappa shape index (κ3) is 4.33. The first-order valence-corrected chi connectivity index (χ1v) is 9.03. The summed E-state index contributed by atoms with van der Waals surface area (Å²) in [5, 5.41) is 12.0. The molecule has 2 aromatic carbocycles. The molecule has 7 heteroatoms. The van der Waals surface area contributed by atoms with Crippen molar-refractivity contribution in [2.24, 2.45) is 0 Å². The lowest BCUT2D eigenvalue weighted by Crippen LogP contribution is -2.00. The fraction of sp³-hybridized carbons (Fsp3) is 0.158. The van der Waals surface area contributed by atoms with Gasteiger partial charge in [-0.1, -0.05) is 29.8 Å². The monoisotopic (exact) mass is 389 g/mol. The molecule has 134 valence electrons. The van der Waals surface area contributed by atoms with E-state index in [0.29, 0.717) is 28.8 Å². The van der Waals surface area contributed by atoms with E-state index in [0.717, 1.165) is 16.1 Å². The minimum atomic E-state index is -0.900. The zero-order valence-electron chi connectivity index (χ0n) is 13.9. The topological polar surface area (TPSA) is 68.7 Å². The van der Waals surface area contributed by atoms with E-state index in [4.69, 9.17) is 26.2 Å². The van der Waals surface area contributed by atoms with E-state index in [1.165, 1.54) is 11.3 Å². The molecule has 0 atom stereocenters. The Balaban J connectivity index is 1.78. The normalized spacial score (nSPS) is 10.5. The highest BCUT2D eigenvalue weighted by molar-refractivity contribution is 7.13. The van der Waals surface area contributed by atoms with Gasteiger partial charge in [-0.2, -0.15) is 0 Å². The molecule has 0 radical (unpaired) electrons. The number of benzene rings is 2. The SMILES string of the molecule is COc1cc(-c2nc(CC(=O)O)cs2)ccc1OCc1ccccc1Cl. The largest absolute Gasteiger partial charge is 0.493 e. The number of thiazole rings is 1. The number of nitrogens with zero attached hydrogens (tertiary/aromatic N) is 1. The van der Waals surface area contributed by atoms with Crippen LogP contribution in [0.3, 0.4) is 0 Å². The van der Waals surface area contributed by atoms with Gasteiger partial charge in [0.2, 0.25) is 0 Å². The lowest BCUT2D eigenvalue weighted by molar-refractivity contribution is -0.136. The zero-order chi connectivity index (χ0) is 18.5. The predicted octanol–water partition coefficient (Wildman–Crippen LogP) is 4.68. The zero-order valence-corrected chi connectivity index (χ0v) is 15.5. The van der Waals surface area contributed by atoms with Crippen molar-refractivity contribution in [2.75, 3.05) is 7.11 Å². The number of halogens is 1. The molecule has 0 saturated heterocycles. The van der Waals surface area contributed by atoms with Crippen LogP contribution in [0.1, 0.15) is 11.3 Å². The first-order valence-electron chi connectivity index (χ1n) is 7.77. The Kier molecular flexibility index (Phi) is 5.75. The summed E-state index contributed by atoms with van der Waals surface area (Å²) in [7, 11) is 1.57. The van der Waals surface area contributed by atoms with E-state index in [9.17, 15) is 4.79 Å². The summed E-state index contributed by atoms with van der Waals surface area (Å²) in [6.07, 6.45) is -0.0906. The summed E-state index contributed by atoms with van der Waals surface area (Å²) in [6, 6.07) is 13.0. The molecule has 0 saturated carbocycles. The molecule has 0 aliphatic rings. The second-order valence-corrected chi connectivity index (χ2v) is 6.73. The van der Waals surface area contributed by atoms with Crippen LogP contribution in [0.25, 0.3) is 10.6 Å². The Morgan fingerprint density at radius 3 is 2.77 bits per heavy atom. The lowest BCUT2D eigenvalue weighted by Gasteiger charge is -2.12. The summed E-state index contributed by atoms with van der Waals surface area (Å²) < 4.78 is 11.3. The highest BCUT2D eigenvalue weighted by Gasteiger charge is 2.12. The van der Waals surface area contributed by atoms with Crippen LogP contribution < -0.4 is 9.47 Å².